The molecule has 0 bridgehead atoms. The van der Waals surface area contributed by atoms with Crippen molar-refractivity contribution in [1.82, 2.24) is 13.6 Å². The molecule has 2 heterocycles. The topological polar surface area (TPSA) is 53.5 Å². The lowest BCUT2D eigenvalue weighted by Crippen LogP contribution is -2.38. The maximum atomic E-state index is 13.4. The molecular weight excluding hydrogens is 353 g/mol. The van der Waals surface area contributed by atoms with Crippen molar-refractivity contribution in [3.05, 3.63) is 64.7 Å². The van der Waals surface area contributed by atoms with E-state index in [1.807, 2.05) is 25.1 Å². The van der Waals surface area contributed by atoms with E-state index in [0.29, 0.717) is 19.5 Å². The van der Waals surface area contributed by atoms with Gasteiger partial charge >= 0.3 is 0 Å². The fourth-order valence-electron chi connectivity index (χ4n) is 3.37. The van der Waals surface area contributed by atoms with Crippen LogP contribution in [0.1, 0.15) is 34.9 Å². The summed E-state index contributed by atoms with van der Waals surface area (Å²) < 4.78 is 40.8. The number of benzene rings is 1. The van der Waals surface area contributed by atoms with E-state index in [1.165, 1.54) is 20.7 Å². The summed E-state index contributed by atoms with van der Waals surface area (Å²) in [6, 6.07) is 10.6. The van der Waals surface area contributed by atoms with E-state index in [2.05, 4.69) is 4.98 Å². The highest BCUT2D eigenvalue weighted by atomic mass is 32.2. The summed E-state index contributed by atoms with van der Waals surface area (Å²) in [4.78, 5) is 4.63. The Kier molecular flexibility index (Phi) is 5.41. The van der Waals surface area contributed by atoms with Crippen LogP contribution in [0, 0.1) is 12.7 Å². The van der Waals surface area contributed by atoms with E-state index in [-0.39, 0.29) is 11.7 Å². The van der Waals surface area contributed by atoms with Crippen LogP contribution in [-0.4, -0.2) is 49.2 Å². The molecule has 1 fully saturated rings. The Balaban J connectivity index is 1.80. The Bertz CT molecular complexity index is 899. The van der Waals surface area contributed by atoms with Gasteiger partial charge in [0.25, 0.3) is 10.2 Å². The van der Waals surface area contributed by atoms with Gasteiger partial charge in [0.15, 0.2) is 0 Å². The second-order valence-electron chi connectivity index (χ2n) is 6.98. The van der Waals surface area contributed by atoms with Crippen LogP contribution in [0.5, 0.6) is 0 Å². The van der Waals surface area contributed by atoms with Gasteiger partial charge in [-0.1, -0.05) is 12.1 Å². The number of nitrogens with zero attached hydrogens (tertiary/aromatic N) is 3. The molecule has 1 aliphatic heterocycles. The van der Waals surface area contributed by atoms with Crippen molar-refractivity contribution in [3.8, 4) is 0 Å². The van der Waals surface area contributed by atoms with Crippen LogP contribution in [0.15, 0.2) is 36.4 Å². The average Bonchev–Trinajstić information content (AvgIpc) is 3.05. The molecule has 1 aromatic carbocycles. The quantitative estimate of drug-likeness (QED) is 0.805. The minimum Gasteiger partial charge on any atom is -0.258 e. The maximum absolute atomic E-state index is 13.4. The van der Waals surface area contributed by atoms with E-state index in [4.69, 9.17) is 0 Å². The van der Waals surface area contributed by atoms with Gasteiger partial charge < -0.3 is 0 Å². The highest BCUT2D eigenvalue weighted by Crippen LogP contribution is 2.29. The summed E-state index contributed by atoms with van der Waals surface area (Å²) >= 11 is 0. The molecule has 26 heavy (non-hydrogen) atoms. The van der Waals surface area contributed by atoms with Gasteiger partial charge in [-0.2, -0.15) is 17.0 Å². The zero-order chi connectivity index (χ0) is 18.9. The molecule has 140 valence electrons. The number of rotatable bonds is 5. The Morgan fingerprint density at radius 1 is 1.23 bits per heavy atom. The summed E-state index contributed by atoms with van der Waals surface area (Å²) in [6.45, 7) is 2.87. The summed E-state index contributed by atoms with van der Waals surface area (Å²) in [5, 5.41) is 0. The average molecular weight is 377 g/mol. The maximum Gasteiger partial charge on any atom is 0.281 e. The first-order chi connectivity index (χ1) is 12.3. The van der Waals surface area contributed by atoms with E-state index in [9.17, 15) is 12.8 Å². The van der Waals surface area contributed by atoms with Gasteiger partial charge in [0.2, 0.25) is 0 Å². The lowest BCUT2D eigenvalue weighted by atomic mass is 9.98. The summed E-state index contributed by atoms with van der Waals surface area (Å²) in [7, 11) is -0.301. The number of halogens is 1. The van der Waals surface area contributed by atoms with Crippen molar-refractivity contribution in [2.75, 3.05) is 27.2 Å². The molecule has 1 aromatic heterocycles. The van der Waals surface area contributed by atoms with Crippen molar-refractivity contribution >= 4 is 10.2 Å². The monoisotopic (exact) mass is 377 g/mol. The molecular formula is C19H24FN3O2S. The fraction of sp³-hybridized carbons (Fsp3) is 0.421. The Morgan fingerprint density at radius 2 is 2.00 bits per heavy atom. The number of hydrogen-bond acceptors (Lipinski definition) is 3. The van der Waals surface area contributed by atoms with Crippen LogP contribution < -0.4 is 0 Å². The molecule has 1 aliphatic rings. The predicted molar refractivity (Wildman–Crippen MR) is 99.7 cm³/mol. The smallest absolute Gasteiger partial charge is 0.258 e. The first-order valence-corrected chi connectivity index (χ1v) is 10.0. The molecule has 0 aliphatic carbocycles. The van der Waals surface area contributed by atoms with Crippen LogP contribution in [0.2, 0.25) is 0 Å². The number of pyridine rings is 1. The normalized spacial score (nSPS) is 18.6. The zero-order valence-corrected chi connectivity index (χ0v) is 16.1. The SMILES string of the molecule is Cc1cc(Cc2cccc(F)c2)cc(C2CCN(S(=O)(=O)N(C)C)C2)n1. The van der Waals surface area contributed by atoms with Crippen molar-refractivity contribution < 1.29 is 12.8 Å². The molecule has 0 saturated carbocycles. The third kappa shape index (κ3) is 4.11. The first kappa shape index (κ1) is 18.9. The molecule has 0 amide bonds. The van der Waals surface area contributed by atoms with E-state index < -0.39 is 10.2 Å². The molecule has 0 radical (unpaired) electrons. The molecule has 0 N–H and O–H groups in total. The van der Waals surface area contributed by atoms with Crippen molar-refractivity contribution in [2.24, 2.45) is 0 Å². The van der Waals surface area contributed by atoms with Crippen LogP contribution in [-0.2, 0) is 16.6 Å². The minimum absolute atomic E-state index is 0.0795. The lowest BCUT2D eigenvalue weighted by molar-refractivity contribution is 0.418. The van der Waals surface area contributed by atoms with Crippen LogP contribution in [0.3, 0.4) is 0 Å². The van der Waals surface area contributed by atoms with Gasteiger partial charge in [0.05, 0.1) is 0 Å². The first-order valence-electron chi connectivity index (χ1n) is 8.65. The number of aromatic nitrogens is 1. The highest BCUT2D eigenvalue weighted by Gasteiger charge is 2.34. The second kappa shape index (κ2) is 7.42. The molecule has 0 spiro atoms. The standard InChI is InChI=1S/C19H24FN3O2S/c1-14-9-16(10-15-5-4-6-18(20)11-15)12-19(21-14)17-7-8-23(13-17)26(24,25)22(2)3/h4-6,9,11-12,17H,7-8,10,13H2,1-3H3. The summed E-state index contributed by atoms with van der Waals surface area (Å²) in [6.07, 6.45) is 1.38. The van der Waals surface area contributed by atoms with Gasteiger partial charge in [-0.25, -0.2) is 4.39 Å². The predicted octanol–water partition coefficient (Wildman–Crippen LogP) is 2.72. The fourth-order valence-corrected chi connectivity index (χ4v) is 4.54. The van der Waals surface area contributed by atoms with Gasteiger partial charge in [0, 0.05) is 44.5 Å². The van der Waals surface area contributed by atoms with Gasteiger partial charge in [-0.05, 0) is 55.2 Å². The van der Waals surface area contributed by atoms with Gasteiger partial charge in [0.1, 0.15) is 5.82 Å². The Morgan fingerprint density at radius 3 is 2.69 bits per heavy atom. The molecule has 2 aromatic rings. The van der Waals surface area contributed by atoms with Gasteiger partial charge in [-0.3, -0.25) is 4.98 Å². The summed E-state index contributed by atoms with van der Waals surface area (Å²) in [5.74, 6) is -0.162. The molecule has 1 unspecified atom stereocenters. The molecule has 3 rings (SSSR count). The molecule has 1 saturated heterocycles. The van der Waals surface area contributed by atoms with Crippen molar-refractivity contribution in [1.29, 1.82) is 0 Å². The summed E-state index contributed by atoms with van der Waals surface area (Å²) in [5.41, 5.74) is 3.77. The lowest BCUT2D eigenvalue weighted by Gasteiger charge is -2.21. The number of hydrogen-bond donors (Lipinski definition) is 0. The van der Waals surface area contributed by atoms with Crippen molar-refractivity contribution in [2.45, 2.75) is 25.7 Å². The largest absolute Gasteiger partial charge is 0.281 e. The van der Waals surface area contributed by atoms with E-state index in [1.54, 1.807) is 20.2 Å². The third-order valence-corrected chi connectivity index (χ3v) is 6.59. The Labute approximate surface area is 154 Å². The molecule has 7 heteroatoms. The van der Waals surface area contributed by atoms with Crippen LogP contribution in [0.25, 0.3) is 0 Å². The van der Waals surface area contributed by atoms with Crippen LogP contribution >= 0.6 is 0 Å². The molecule has 1 atom stereocenters. The highest BCUT2D eigenvalue weighted by molar-refractivity contribution is 7.86. The van der Waals surface area contributed by atoms with Crippen molar-refractivity contribution in [3.63, 3.8) is 0 Å². The van der Waals surface area contributed by atoms with E-state index in [0.717, 1.165) is 28.9 Å². The third-order valence-electron chi connectivity index (χ3n) is 4.69. The van der Waals surface area contributed by atoms with E-state index >= 15 is 0 Å². The van der Waals surface area contributed by atoms with Gasteiger partial charge in [-0.15, -0.1) is 0 Å². The number of aryl methyl sites for hydroxylation is 1. The second-order valence-corrected chi connectivity index (χ2v) is 9.12. The Hall–Kier alpha value is -1.83. The van der Waals surface area contributed by atoms with Crippen LogP contribution in [0.4, 0.5) is 4.39 Å². The zero-order valence-electron chi connectivity index (χ0n) is 15.3. The molecule has 5 nitrogen and oxygen atoms in total. The minimum atomic E-state index is -3.39.